The fraction of sp³-hybridized carbons (Fsp3) is 0. The van der Waals surface area contributed by atoms with Gasteiger partial charge in [-0.1, -0.05) is 152 Å². The van der Waals surface area contributed by atoms with Crippen molar-refractivity contribution in [3.05, 3.63) is 212 Å². The summed E-state index contributed by atoms with van der Waals surface area (Å²) in [4.78, 5) is 2.37. The summed E-state index contributed by atoms with van der Waals surface area (Å²) >= 11 is 0. The molecule has 0 saturated carbocycles. The van der Waals surface area contributed by atoms with Gasteiger partial charge in [0.15, 0.2) is 0 Å². The SMILES string of the molecule is c1cc(-c2ccc3oc4ccccc4c3c2)cc(N(c2ccc(-c3cccc4ccccc34)cc2)c2ccc(-c3cc4ccccc4c4ccccc34)cc2)c1. The Kier molecular flexibility index (Phi) is 7.53. The molecule has 0 aliphatic rings. The van der Waals surface area contributed by atoms with Gasteiger partial charge in [0.25, 0.3) is 0 Å². The molecule has 0 bridgehead atoms. The molecule has 0 aliphatic carbocycles. The van der Waals surface area contributed by atoms with E-state index >= 15 is 0 Å². The molecule has 11 aromatic rings. The van der Waals surface area contributed by atoms with E-state index in [2.05, 4.69) is 205 Å². The van der Waals surface area contributed by atoms with Crippen molar-refractivity contribution < 1.29 is 4.42 Å². The van der Waals surface area contributed by atoms with Gasteiger partial charge in [-0.2, -0.15) is 0 Å². The maximum atomic E-state index is 6.16. The largest absolute Gasteiger partial charge is 0.456 e. The van der Waals surface area contributed by atoms with E-state index in [1.165, 1.54) is 54.6 Å². The lowest BCUT2D eigenvalue weighted by Gasteiger charge is -2.26. The van der Waals surface area contributed by atoms with Crippen molar-refractivity contribution in [2.24, 2.45) is 0 Å². The van der Waals surface area contributed by atoms with Crippen LogP contribution in [0, 0.1) is 0 Å². The molecule has 0 aliphatic heterocycles. The number of fused-ring (bicyclic) bond motifs is 7. The normalized spacial score (nSPS) is 11.6. The topological polar surface area (TPSA) is 16.4 Å². The fourth-order valence-electron chi connectivity index (χ4n) is 8.53. The van der Waals surface area contributed by atoms with Crippen LogP contribution < -0.4 is 4.90 Å². The maximum absolute atomic E-state index is 6.16. The minimum absolute atomic E-state index is 0.901. The number of hydrogen-bond acceptors (Lipinski definition) is 2. The first-order chi connectivity index (χ1) is 27.7. The number of para-hydroxylation sites is 1. The Morgan fingerprint density at radius 2 is 0.821 bits per heavy atom. The lowest BCUT2D eigenvalue weighted by Crippen LogP contribution is -2.10. The fourth-order valence-corrected chi connectivity index (χ4v) is 8.53. The molecule has 1 aromatic heterocycles. The molecular formula is C54H35NO. The Labute approximate surface area is 325 Å². The van der Waals surface area contributed by atoms with Crippen molar-refractivity contribution in [1.82, 2.24) is 0 Å². The minimum atomic E-state index is 0.901. The van der Waals surface area contributed by atoms with Crippen molar-refractivity contribution in [1.29, 1.82) is 0 Å². The zero-order chi connectivity index (χ0) is 37.0. The van der Waals surface area contributed by atoms with Crippen LogP contribution >= 0.6 is 0 Å². The summed E-state index contributed by atoms with van der Waals surface area (Å²) in [7, 11) is 0. The van der Waals surface area contributed by atoms with Gasteiger partial charge in [0, 0.05) is 27.8 Å². The second kappa shape index (κ2) is 13.2. The number of nitrogens with zero attached hydrogens (tertiary/aromatic N) is 1. The number of rotatable bonds is 6. The number of furan rings is 1. The smallest absolute Gasteiger partial charge is 0.135 e. The van der Waals surface area contributed by atoms with Crippen LogP contribution in [0.25, 0.3) is 87.6 Å². The summed E-state index contributed by atoms with van der Waals surface area (Å²) in [6, 6.07) is 76.6. The predicted molar refractivity (Wildman–Crippen MR) is 237 cm³/mol. The molecule has 10 aromatic carbocycles. The molecule has 0 N–H and O–H groups in total. The molecule has 0 radical (unpaired) electrons. The first kappa shape index (κ1) is 32.0. The summed E-state index contributed by atoms with van der Waals surface area (Å²) in [5, 5.41) is 9.82. The molecule has 0 fully saturated rings. The molecule has 262 valence electrons. The third-order valence-electron chi connectivity index (χ3n) is 11.2. The van der Waals surface area contributed by atoms with E-state index in [4.69, 9.17) is 4.42 Å². The van der Waals surface area contributed by atoms with E-state index in [1.54, 1.807) is 0 Å². The molecule has 2 heteroatoms. The van der Waals surface area contributed by atoms with Crippen LogP contribution in [0.4, 0.5) is 17.1 Å². The van der Waals surface area contributed by atoms with Crippen LogP contribution in [0.1, 0.15) is 0 Å². The summed E-state index contributed by atoms with van der Waals surface area (Å²) < 4.78 is 6.16. The third-order valence-corrected chi connectivity index (χ3v) is 11.2. The predicted octanol–water partition coefficient (Wildman–Crippen LogP) is 15.5. The standard InChI is InChI=1S/C54H35NO/c1-3-16-45-36(11-1)13-10-21-46(45)37-23-28-42(29-24-37)55(44-15-9-14-39(33-44)40-27-32-54-52(34-40)50-20-7-8-22-53(50)56-54)43-30-25-38(26-31-43)51-35-41-12-2-4-17-47(41)48-18-5-6-19-49(48)51/h1-35H. The highest BCUT2D eigenvalue weighted by Crippen LogP contribution is 2.41. The zero-order valence-corrected chi connectivity index (χ0v) is 30.6. The Balaban J connectivity index is 1.03. The van der Waals surface area contributed by atoms with Crippen molar-refractivity contribution in [2.75, 3.05) is 4.90 Å². The summed E-state index contributed by atoms with van der Waals surface area (Å²) in [5.41, 5.74) is 12.2. The lowest BCUT2D eigenvalue weighted by atomic mass is 9.93. The van der Waals surface area contributed by atoms with Crippen molar-refractivity contribution in [3.8, 4) is 33.4 Å². The number of anilines is 3. The molecule has 0 atom stereocenters. The van der Waals surface area contributed by atoms with E-state index in [1.807, 2.05) is 12.1 Å². The molecule has 0 amide bonds. The Morgan fingerprint density at radius 3 is 1.61 bits per heavy atom. The van der Waals surface area contributed by atoms with Crippen LogP contribution in [0.15, 0.2) is 217 Å². The molecule has 2 nitrogen and oxygen atoms in total. The molecule has 0 unspecified atom stereocenters. The van der Waals surface area contributed by atoms with Crippen LogP contribution in [0.2, 0.25) is 0 Å². The third kappa shape index (κ3) is 5.42. The summed E-state index contributed by atoms with van der Waals surface area (Å²) in [5.74, 6) is 0. The van der Waals surface area contributed by atoms with E-state index in [9.17, 15) is 0 Å². The van der Waals surface area contributed by atoms with E-state index in [0.29, 0.717) is 0 Å². The van der Waals surface area contributed by atoms with Crippen molar-refractivity contribution >= 4 is 71.3 Å². The van der Waals surface area contributed by atoms with E-state index in [-0.39, 0.29) is 0 Å². The quantitative estimate of drug-likeness (QED) is 0.160. The Morgan fingerprint density at radius 1 is 0.268 bits per heavy atom. The average Bonchev–Trinajstić information content (AvgIpc) is 3.65. The second-order valence-corrected chi connectivity index (χ2v) is 14.5. The molecule has 56 heavy (non-hydrogen) atoms. The highest BCUT2D eigenvalue weighted by atomic mass is 16.3. The Hall–Kier alpha value is -7.42. The average molecular weight is 714 g/mol. The van der Waals surface area contributed by atoms with Crippen LogP contribution in [0.5, 0.6) is 0 Å². The van der Waals surface area contributed by atoms with Gasteiger partial charge >= 0.3 is 0 Å². The molecule has 0 saturated heterocycles. The first-order valence-corrected chi connectivity index (χ1v) is 19.2. The number of hydrogen-bond donors (Lipinski definition) is 0. The highest BCUT2D eigenvalue weighted by Gasteiger charge is 2.17. The van der Waals surface area contributed by atoms with Crippen LogP contribution in [-0.4, -0.2) is 0 Å². The highest BCUT2D eigenvalue weighted by molar-refractivity contribution is 6.14. The van der Waals surface area contributed by atoms with Crippen molar-refractivity contribution in [3.63, 3.8) is 0 Å². The van der Waals surface area contributed by atoms with Gasteiger partial charge in [-0.25, -0.2) is 0 Å². The van der Waals surface area contributed by atoms with Gasteiger partial charge in [-0.3, -0.25) is 0 Å². The van der Waals surface area contributed by atoms with E-state index < -0.39 is 0 Å². The first-order valence-electron chi connectivity index (χ1n) is 19.2. The molecule has 1 heterocycles. The maximum Gasteiger partial charge on any atom is 0.135 e. The summed E-state index contributed by atoms with van der Waals surface area (Å²) in [6.45, 7) is 0. The van der Waals surface area contributed by atoms with Gasteiger partial charge in [-0.15, -0.1) is 0 Å². The van der Waals surface area contributed by atoms with Crippen molar-refractivity contribution in [2.45, 2.75) is 0 Å². The number of benzene rings is 10. The van der Waals surface area contributed by atoms with Gasteiger partial charge in [-0.05, 0) is 126 Å². The molecular weight excluding hydrogens is 679 g/mol. The Bertz CT molecular complexity index is 3240. The van der Waals surface area contributed by atoms with Crippen LogP contribution in [-0.2, 0) is 0 Å². The van der Waals surface area contributed by atoms with Crippen LogP contribution in [0.3, 0.4) is 0 Å². The second-order valence-electron chi connectivity index (χ2n) is 14.5. The summed E-state index contributed by atoms with van der Waals surface area (Å²) in [6.07, 6.45) is 0. The van der Waals surface area contributed by atoms with Gasteiger partial charge in [0.2, 0.25) is 0 Å². The molecule has 11 rings (SSSR count). The van der Waals surface area contributed by atoms with Gasteiger partial charge in [0.05, 0.1) is 0 Å². The zero-order valence-electron chi connectivity index (χ0n) is 30.6. The minimum Gasteiger partial charge on any atom is -0.456 e. The van der Waals surface area contributed by atoms with E-state index in [0.717, 1.165) is 50.1 Å². The lowest BCUT2D eigenvalue weighted by molar-refractivity contribution is 0.669. The van der Waals surface area contributed by atoms with Gasteiger partial charge in [0.1, 0.15) is 11.2 Å². The molecule has 0 spiro atoms. The van der Waals surface area contributed by atoms with Gasteiger partial charge < -0.3 is 9.32 Å². The monoisotopic (exact) mass is 713 g/mol.